The molecule has 4 aromatic carbocycles. The van der Waals surface area contributed by atoms with Crippen molar-refractivity contribution in [2.24, 2.45) is 21.9 Å². The molecule has 0 aliphatic carbocycles. The lowest BCUT2D eigenvalue weighted by molar-refractivity contribution is 0.246. The van der Waals surface area contributed by atoms with Gasteiger partial charge in [-0.25, -0.2) is 18.7 Å². The molecule has 0 radical (unpaired) electrons. The quantitative estimate of drug-likeness (QED) is 0.0271. The number of hydrazone groups is 2. The van der Waals surface area contributed by atoms with E-state index in [1.807, 2.05) is 53.6 Å². The van der Waals surface area contributed by atoms with Crippen molar-refractivity contribution in [3.63, 3.8) is 0 Å². The SMILES string of the molecule is COc1cc(/C(=N/N)c2cccn(C(CO[Si](C)(C)C(C)(C)C)c3ccc(F)cc3)c2=O)ccc1-n1cnc(C)c1.COc1cc(/C(=N\N)c2cccn(C(CO)c3ccc(F)cc3)c2=O)ccc1-n1cnc(C)c1.O=P(Cl)(Cl)Cl. The van der Waals surface area contributed by atoms with Crippen LogP contribution in [-0.2, 0) is 8.99 Å². The third-order valence-corrected chi connectivity index (χ3v) is 17.9. The van der Waals surface area contributed by atoms with Gasteiger partial charge in [-0.3, -0.25) is 14.2 Å². The Bertz CT molecular complexity index is 3650. The molecule has 422 valence electrons. The summed E-state index contributed by atoms with van der Waals surface area (Å²) in [5, 5.41) is 14.7. The summed E-state index contributed by atoms with van der Waals surface area (Å²) in [6.07, 6.45) is 10.4. The van der Waals surface area contributed by atoms with Gasteiger partial charge in [-0.05, 0) is 150 Å². The highest BCUT2D eigenvalue weighted by molar-refractivity contribution is 8.24. The topological polar surface area (TPSA) is 221 Å². The van der Waals surface area contributed by atoms with Gasteiger partial charge in [-0.15, -0.1) is 0 Å². The van der Waals surface area contributed by atoms with Crippen molar-refractivity contribution in [3.8, 4) is 22.9 Å². The Labute approximate surface area is 477 Å². The third kappa shape index (κ3) is 15.4. The van der Waals surface area contributed by atoms with E-state index in [-0.39, 0.29) is 40.9 Å². The van der Waals surface area contributed by atoms with Crippen LogP contribution in [0.4, 0.5) is 8.78 Å². The molecule has 0 fully saturated rings. The predicted molar refractivity (Wildman–Crippen MR) is 315 cm³/mol. The van der Waals surface area contributed by atoms with Gasteiger partial charge in [0.1, 0.15) is 34.6 Å². The second-order valence-electron chi connectivity index (χ2n) is 19.6. The molecule has 0 spiro atoms. The fourth-order valence-corrected chi connectivity index (χ4v) is 9.23. The fraction of sp³-hybridized carbons (Fsp3) is 0.250. The van der Waals surface area contributed by atoms with E-state index in [1.165, 1.54) is 41.0 Å². The van der Waals surface area contributed by atoms with E-state index in [0.717, 1.165) is 28.3 Å². The average Bonchev–Trinajstić information content (AvgIpc) is 4.06. The number of ether oxygens (including phenoxy) is 2. The summed E-state index contributed by atoms with van der Waals surface area (Å²) in [7, 11) is 0.979. The molecule has 8 rings (SSSR count). The molecule has 2 atom stereocenters. The number of methoxy groups -OCH3 is 2. The lowest BCUT2D eigenvalue weighted by atomic mass is 10.0. The fourth-order valence-electron chi connectivity index (χ4n) is 8.22. The average molecular weight is 1190 g/mol. The van der Waals surface area contributed by atoms with Gasteiger partial charge >= 0.3 is 5.20 Å². The summed E-state index contributed by atoms with van der Waals surface area (Å²) in [6.45, 7) is 14.5. The van der Waals surface area contributed by atoms with E-state index in [4.69, 9.17) is 25.6 Å². The van der Waals surface area contributed by atoms with E-state index in [2.05, 4.69) is 87.8 Å². The maximum absolute atomic E-state index is 14.1. The number of halogens is 5. The van der Waals surface area contributed by atoms with Gasteiger partial charge < -0.3 is 49.0 Å². The van der Waals surface area contributed by atoms with Gasteiger partial charge in [0.05, 0.1) is 86.1 Å². The molecule has 0 amide bonds. The summed E-state index contributed by atoms with van der Waals surface area (Å²) < 4.78 is 61.2. The van der Waals surface area contributed by atoms with E-state index in [0.29, 0.717) is 39.5 Å². The van der Waals surface area contributed by atoms with Crippen molar-refractivity contribution in [1.29, 1.82) is 0 Å². The summed E-state index contributed by atoms with van der Waals surface area (Å²) in [5.41, 5.74) is 6.31. The first-order valence-electron chi connectivity index (χ1n) is 24.6. The Morgan fingerprint density at radius 2 is 1.07 bits per heavy atom. The number of aromatic nitrogens is 6. The van der Waals surface area contributed by atoms with Crippen molar-refractivity contribution in [2.75, 3.05) is 27.4 Å². The number of nitrogens with two attached hydrogens (primary N) is 2. The second kappa shape index (κ2) is 26.9. The van der Waals surface area contributed by atoms with Crippen LogP contribution in [0.15, 0.2) is 166 Å². The summed E-state index contributed by atoms with van der Waals surface area (Å²) in [6, 6.07) is 28.3. The summed E-state index contributed by atoms with van der Waals surface area (Å²) in [5.74, 6) is 12.0. The number of hydrogen-bond acceptors (Lipinski definition) is 13. The Balaban J connectivity index is 0.000000241. The molecule has 2 unspecified atom stereocenters. The van der Waals surface area contributed by atoms with Crippen LogP contribution < -0.4 is 32.3 Å². The number of benzene rings is 4. The van der Waals surface area contributed by atoms with Crippen LogP contribution in [0.1, 0.15) is 77.6 Å². The highest BCUT2D eigenvalue weighted by Gasteiger charge is 2.38. The largest absolute Gasteiger partial charge is 0.495 e. The highest BCUT2D eigenvalue weighted by atomic mass is 36.0. The second-order valence-corrected chi connectivity index (χ2v) is 31.1. The standard InChI is InChI=1S/C31H38FN5O3Si.C25H24FN5O3.Cl3OP/c1-21-18-36(20-34-21)26-15-12-23(17-28(26)39-5)29(35-33)25-9-8-16-37(30(25)38)27(22-10-13-24(32)14-11-22)19-40-41(6,7)31(2,3)4;1-16-13-30(15-28-16)21-10-7-18(12-23(21)34-2)24(29-27)20-4-3-11-31(25(20)33)22(14-32)17-5-8-19(26)9-6-17;1-5(2,3)4/h8-18,20,27H,19,33H2,1-7H3;3-13,15,22,32H,14,27H2,1-2H3;/b35-29-;29-24+;. The number of aliphatic hydroxyl groups excluding tert-OH is 1. The van der Waals surface area contributed by atoms with Crippen LogP contribution in [0.3, 0.4) is 0 Å². The minimum Gasteiger partial charge on any atom is -0.495 e. The van der Waals surface area contributed by atoms with Crippen molar-refractivity contribution < 1.29 is 32.4 Å². The van der Waals surface area contributed by atoms with Crippen molar-refractivity contribution in [2.45, 2.75) is 64.8 Å². The molecular weight excluding hydrogens is 1130 g/mol. The van der Waals surface area contributed by atoms with Gasteiger partial charge in [0.2, 0.25) is 0 Å². The van der Waals surface area contributed by atoms with Crippen molar-refractivity contribution in [3.05, 3.63) is 224 Å². The Morgan fingerprint density at radius 3 is 1.41 bits per heavy atom. The molecule has 4 heterocycles. The predicted octanol–water partition coefficient (Wildman–Crippen LogP) is 11.4. The molecule has 0 aliphatic heterocycles. The zero-order valence-corrected chi connectivity index (χ0v) is 49.6. The first kappa shape index (κ1) is 62.0. The molecule has 0 bridgehead atoms. The molecule has 4 aromatic heterocycles. The number of hydrogen-bond donors (Lipinski definition) is 3. The van der Waals surface area contributed by atoms with Crippen LogP contribution in [-0.4, -0.2) is 80.5 Å². The van der Waals surface area contributed by atoms with Gasteiger partial charge in [-0.1, -0.05) is 57.2 Å². The Morgan fingerprint density at radius 1 is 0.688 bits per heavy atom. The number of nitrogens with zero attached hydrogens (tertiary/aromatic N) is 8. The van der Waals surface area contributed by atoms with Crippen LogP contribution >= 0.6 is 38.9 Å². The van der Waals surface area contributed by atoms with Crippen molar-refractivity contribution >= 4 is 58.7 Å². The van der Waals surface area contributed by atoms with Gasteiger partial charge in [0.25, 0.3) is 11.1 Å². The van der Waals surface area contributed by atoms with E-state index in [9.17, 15) is 28.0 Å². The number of pyridine rings is 2. The van der Waals surface area contributed by atoms with Crippen LogP contribution in [0.5, 0.6) is 11.5 Å². The maximum Gasteiger partial charge on any atom is 0.339 e. The van der Waals surface area contributed by atoms with Gasteiger partial charge in [0.15, 0.2) is 8.32 Å². The zero-order valence-electron chi connectivity index (χ0n) is 45.4. The minimum atomic E-state index is -3.22. The lowest BCUT2D eigenvalue weighted by Gasteiger charge is -2.37. The third-order valence-electron chi connectivity index (χ3n) is 13.4. The Kier molecular flexibility index (Phi) is 20.8. The molecular formula is C56H62Cl3F2N10O7PSi. The number of aliphatic hydroxyl groups is 1. The van der Waals surface area contributed by atoms with Crippen LogP contribution in [0.2, 0.25) is 18.1 Å². The molecule has 24 heteroatoms. The lowest BCUT2D eigenvalue weighted by Crippen LogP contribution is -2.43. The molecule has 0 saturated carbocycles. The van der Waals surface area contributed by atoms with Crippen LogP contribution in [0, 0.1) is 25.5 Å². The normalized spacial score (nSPS) is 12.9. The molecule has 8 aromatic rings. The minimum absolute atomic E-state index is 0.0207. The van der Waals surface area contributed by atoms with Crippen LogP contribution in [0.25, 0.3) is 11.4 Å². The smallest absolute Gasteiger partial charge is 0.339 e. The van der Waals surface area contributed by atoms with E-state index < -0.39 is 37.0 Å². The molecule has 17 nitrogen and oxygen atoms in total. The molecule has 0 aliphatic rings. The van der Waals surface area contributed by atoms with Crippen molar-refractivity contribution in [1.82, 2.24) is 28.2 Å². The molecule has 80 heavy (non-hydrogen) atoms. The monoisotopic (exact) mass is 1190 g/mol. The van der Waals surface area contributed by atoms with Gasteiger partial charge in [0, 0.05) is 35.9 Å². The zero-order chi connectivity index (χ0) is 58.7. The molecule has 0 saturated heterocycles. The summed E-state index contributed by atoms with van der Waals surface area (Å²) in [4.78, 5) is 36.0. The highest BCUT2D eigenvalue weighted by Crippen LogP contribution is 2.61. The molecule has 5 N–H and O–H groups in total. The van der Waals surface area contributed by atoms with E-state index >= 15 is 0 Å². The maximum atomic E-state index is 14.1. The number of imidazole rings is 2. The number of aryl methyl sites for hydroxylation is 2. The Hall–Kier alpha value is -7.16. The summed E-state index contributed by atoms with van der Waals surface area (Å²) >= 11 is 13.8. The first-order chi connectivity index (χ1) is 37.8. The van der Waals surface area contributed by atoms with Gasteiger partial charge in [-0.2, -0.15) is 10.2 Å². The van der Waals surface area contributed by atoms with E-state index in [1.54, 1.807) is 98.4 Å². The number of rotatable bonds is 16. The first-order valence-corrected chi connectivity index (χ1v) is 32.0.